The van der Waals surface area contributed by atoms with Crippen molar-refractivity contribution in [3.05, 3.63) is 16.1 Å². The van der Waals surface area contributed by atoms with Crippen LogP contribution >= 0.6 is 11.3 Å². The quantitative estimate of drug-likeness (QED) is 0.835. The van der Waals surface area contributed by atoms with Gasteiger partial charge in [0.15, 0.2) is 0 Å². The van der Waals surface area contributed by atoms with E-state index in [4.69, 9.17) is 10.1 Å². The van der Waals surface area contributed by atoms with Crippen LogP contribution in [0.4, 0.5) is 0 Å². The fraction of sp³-hybridized carbons (Fsp3) is 0.714. The molecule has 1 aliphatic rings. The average Bonchev–Trinajstić information content (AvgIpc) is 2.97. The molecule has 1 aromatic heterocycles. The molecule has 1 aliphatic carbocycles. The highest BCUT2D eigenvalue weighted by Crippen LogP contribution is 2.35. The minimum absolute atomic E-state index is 0.101. The van der Waals surface area contributed by atoms with E-state index in [1.165, 1.54) is 30.7 Å². The van der Waals surface area contributed by atoms with Gasteiger partial charge < -0.3 is 5.11 Å². The third-order valence-corrected chi connectivity index (χ3v) is 4.61. The van der Waals surface area contributed by atoms with E-state index in [1.807, 2.05) is 4.90 Å². The van der Waals surface area contributed by atoms with E-state index >= 15 is 0 Å². The molecule has 0 unspecified atom stereocenters. The summed E-state index contributed by atoms with van der Waals surface area (Å²) < 4.78 is 0. The largest absolute Gasteiger partial charge is 0.480 e. The molecule has 0 radical (unpaired) electrons. The molecule has 0 aliphatic heterocycles. The van der Waals surface area contributed by atoms with Gasteiger partial charge in [0.05, 0.1) is 17.2 Å². The first-order valence-electron chi connectivity index (χ1n) is 7.07. The Morgan fingerprint density at radius 2 is 2.26 bits per heavy atom. The van der Waals surface area contributed by atoms with E-state index < -0.39 is 5.97 Å². The molecule has 0 atom stereocenters. The summed E-state index contributed by atoms with van der Waals surface area (Å²) in [6, 6.07) is 0. The Morgan fingerprint density at radius 3 is 2.89 bits per heavy atom. The smallest absolute Gasteiger partial charge is 0.317 e. The molecular formula is C14H22N2O2S. The highest BCUT2D eigenvalue weighted by atomic mass is 32.1. The number of rotatable bonds is 7. The second kappa shape index (κ2) is 7.01. The van der Waals surface area contributed by atoms with Crippen LogP contribution in [0.1, 0.15) is 55.6 Å². The molecule has 0 spiro atoms. The third kappa shape index (κ3) is 4.28. The van der Waals surface area contributed by atoms with Crippen molar-refractivity contribution in [1.82, 2.24) is 9.88 Å². The predicted octanol–water partition coefficient (Wildman–Crippen LogP) is 3.10. The van der Waals surface area contributed by atoms with E-state index in [9.17, 15) is 4.79 Å². The first-order chi connectivity index (χ1) is 9.19. The van der Waals surface area contributed by atoms with Crippen LogP contribution in [0.2, 0.25) is 0 Å². The van der Waals surface area contributed by atoms with Gasteiger partial charge in [0.2, 0.25) is 0 Å². The highest BCUT2D eigenvalue weighted by molar-refractivity contribution is 7.09. The van der Waals surface area contributed by atoms with Crippen molar-refractivity contribution >= 4 is 17.3 Å². The van der Waals surface area contributed by atoms with Gasteiger partial charge in [0.1, 0.15) is 0 Å². The van der Waals surface area contributed by atoms with Crippen molar-refractivity contribution in [2.45, 2.75) is 51.5 Å². The average molecular weight is 282 g/mol. The standard InChI is InChI=1S/C14H22N2O2S/c1-2-7-16(9-13(17)18)8-12-10-19-14(15-12)11-5-3-4-6-11/h10-11H,2-9H2,1H3,(H,17,18). The SMILES string of the molecule is CCCN(CC(=O)O)Cc1csc(C2CCCC2)n1. The summed E-state index contributed by atoms with van der Waals surface area (Å²) in [7, 11) is 0. The second-order valence-corrected chi connectivity index (χ2v) is 6.15. The highest BCUT2D eigenvalue weighted by Gasteiger charge is 2.20. The number of nitrogens with zero attached hydrogens (tertiary/aromatic N) is 2. The molecule has 1 heterocycles. The number of thiazole rings is 1. The van der Waals surface area contributed by atoms with Crippen LogP contribution in [-0.2, 0) is 11.3 Å². The van der Waals surface area contributed by atoms with E-state index in [2.05, 4.69) is 12.3 Å². The first-order valence-corrected chi connectivity index (χ1v) is 7.95. The van der Waals surface area contributed by atoms with Crippen molar-refractivity contribution in [1.29, 1.82) is 0 Å². The normalized spacial score (nSPS) is 16.3. The van der Waals surface area contributed by atoms with Gasteiger partial charge in [-0.3, -0.25) is 9.69 Å². The number of carboxylic acids is 1. The Kier molecular flexibility index (Phi) is 5.34. The number of carbonyl (C=O) groups is 1. The lowest BCUT2D eigenvalue weighted by molar-refractivity contribution is -0.138. The fourth-order valence-electron chi connectivity index (χ4n) is 2.71. The maximum absolute atomic E-state index is 10.8. The van der Waals surface area contributed by atoms with Crippen LogP contribution in [-0.4, -0.2) is 34.0 Å². The zero-order valence-corrected chi connectivity index (χ0v) is 12.3. The molecule has 0 amide bonds. The Bertz CT molecular complexity index is 413. The minimum Gasteiger partial charge on any atom is -0.480 e. The molecule has 5 heteroatoms. The maximum atomic E-state index is 10.8. The Hall–Kier alpha value is -0.940. The van der Waals surface area contributed by atoms with Gasteiger partial charge in [0.25, 0.3) is 0 Å². The molecule has 0 aromatic carbocycles. The second-order valence-electron chi connectivity index (χ2n) is 5.26. The summed E-state index contributed by atoms with van der Waals surface area (Å²) in [6.07, 6.45) is 6.13. The van der Waals surface area contributed by atoms with Gasteiger partial charge >= 0.3 is 5.97 Å². The summed E-state index contributed by atoms with van der Waals surface area (Å²) in [6.45, 7) is 3.63. The molecule has 2 rings (SSSR count). The van der Waals surface area contributed by atoms with E-state index in [0.29, 0.717) is 12.5 Å². The van der Waals surface area contributed by atoms with Crippen LogP contribution in [0.25, 0.3) is 0 Å². The molecule has 0 bridgehead atoms. The summed E-state index contributed by atoms with van der Waals surface area (Å²) in [5.74, 6) is -0.113. The molecular weight excluding hydrogens is 260 g/mol. The molecule has 1 N–H and O–H groups in total. The van der Waals surface area contributed by atoms with E-state index in [-0.39, 0.29) is 6.54 Å². The summed E-state index contributed by atoms with van der Waals surface area (Å²) in [4.78, 5) is 17.5. The van der Waals surface area contributed by atoms with Crippen LogP contribution in [0, 0.1) is 0 Å². The number of carboxylic acid groups (broad SMARTS) is 1. The molecule has 1 fully saturated rings. The van der Waals surface area contributed by atoms with Crippen LogP contribution in [0.3, 0.4) is 0 Å². The van der Waals surface area contributed by atoms with Crippen molar-refractivity contribution in [3.8, 4) is 0 Å². The fourth-order valence-corrected chi connectivity index (χ4v) is 3.69. The molecule has 106 valence electrons. The molecule has 1 aromatic rings. The van der Waals surface area contributed by atoms with E-state index in [1.54, 1.807) is 11.3 Å². The summed E-state index contributed by atoms with van der Waals surface area (Å²) in [5, 5.41) is 12.3. The van der Waals surface area contributed by atoms with Gasteiger partial charge in [-0.2, -0.15) is 0 Å². The first kappa shape index (κ1) is 14.5. The van der Waals surface area contributed by atoms with Gasteiger partial charge in [-0.15, -0.1) is 11.3 Å². The minimum atomic E-state index is -0.764. The molecule has 4 nitrogen and oxygen atoms in total. The Morgan fingerprint density at radius 1 is 1.53 bits per heavy atom. The zero-order valence-electron chi connectivity index (χ0n) is 11.5. The van der Waals surface area contributed by atoms with Crippen LogP contribution in [0.5, 0.6) is 0 Å². The molecule has 0 saturated heterocycles. The van der Waals surface area contributed by atoms with Crippen molar-refractivity contribution in [2.24, 2.45) is 0 Å². The topological polar surface area (TPSA) is 53.4 Å². The lowest BCUT2D eigenvalue weighted by Crippen LogP contribution is -2.30. The number of hydrogen-bond acceptors (Lipinski definition) is 4. The van der Waals surface area contributed by atoms with E-state index in [0.717, 1.165) is 18.7 Å². The summed E-state index contributed by atoms with van der Waals surface area (Å²) in [5.41, 5.74) is 1.03. The third-order valence-electron chi connectivity index (χ3n) is 3.56. The van der Waals surface area contributed by atoms with Gasteiger partial charge in [-0.05, 0) is 25.8 Å². The monoisotopic (exact) mass is 282 g/mol. The zero-order chi connectivity index (χ0) is 13.7. The van der Waals surface area contributed by atoms with Gasteiger partial charge in [0, 0.05) is 17.8 Å². The maximum Gasteiger partial charge on any atom is 0.317 e. The molecule has 19 heavy (non-hydrogen) atoms. The van der Waals surface area contributed by atoms with Crippen molar-refractivity contribution < 1.29 is 9.90 Å². The van der Waals surface area contributed by atoms with Crippen molar-refractivity contribution in [2.75, 3.05) is 13.1 Å². The lowest BCUT2D eigenvalue weighted by atomic mass is 10.1. The summed E-state index contributed by atoms with van der Waals surface area (Å²) >= 11 is 1.74. The number of hydrogen-bond donors (Lipinski definition) is 1. The van der Waals surface area contributed by atoms with Crippen LogP contribution in [0.15, 0.2) is 5.38 Å². The number of aliphatic carboxylic acids is 1. The Labute approximate surface area is 118 Å². The lowest BCUT2D eigenvalue weighted by Gasteiger charge is -2.17. The molecule has 1 saturated carbocycles. The van der Waals surface area contributed by atoms with Crippen LogP contribution < -0.4 is 0 Å². The predicted molar refractivity (Wildman–Crippen MR) is 76.5 cm³/mol. The Balaban J connectivity index is 1.94. The number of aromatic nitrogens is 1. The van der Waals surface area contributed by atoms with Crippen molar-refractivity contribution in [3.63, 3.8) is 0 Å². The van der Waals surface area contributed by atoms with Gasteiger partial charge in [-0.25, -0.2) is 4.98 Å². The van der Waals surface area contributed by atoms with Gasteiger partial charge in [-0.1, -0.05) is 19.8 Å².